The molecule has 0 nitrogen and oxygen atoms in total. The molecular formula is C32H44Cl2V2-6. The second-order valence-corrected chi connectivity index (χ2v) is 9.57. The summed E-state index contributed by atoms with van der Waals surface area (Å²) in [6.07, 6.45) is 34.4. The summed E-state index contributed by atoms with van der Waals surface area (Å²) in [5, 5.41) is 0. The van der Waals surface area contributed by atoms with Gasteiger partial charge in [-0.3, -0.25) is 24.3 Å². The van der Waals surface area contributed by atoms with Crippen molar-refractivity contribution in [2.45, 2.75) is 81.1 Å². The van der Waals surface area contributed by atoms with Crippen LogP contribution in [0.4, 0.5) is 0 Å². The van der Waals surface area contributed by atoms with E-state index in [0.29, 0.717) is 23.7 Å². The van der Waals surface area contributed by atoms with Gasteiger partial charge in [0.05, 0.1) is 0 Å². The largest absolute Gasteiger partial charge is 1.00 e. The molecule has 0 aromatic carbocycles. The van der Waals surface area contributed by atoms with E-state index in [9.17, 15) is 0 Å². The predicted molar refractivity (Wildman–Crippen MR) is 141 cm³/mol. The summed E-state index contributed by atoms with van der Waals surface area (Å²) in [5.41, 5.74) is 5.46. The molecule has 0 aliphatic heterocycles. The molecule has 36 heavy (non-hydrogen) atoms. The Balaban J connectivity index is -0.000000183. The first-order valence-electron chi connectivity index (χ1n) is 12.3. The topological polar surface area (TPSA) is 0 Å². The maximum Gasteiger partial charge on any atom is 0 e. The second-order valence-electron chi connectivity index (χ2n) is 9.57. The Labute approximate surface area is 260 Å². The van der Waals surface area contributed by atoms with Crippen molar-refractivity contribution in [3.63, 3.8) is 0 Å². The fourth-order valence-electron chi connectivity index (χ4n) is 3.27. The second kappa shape index (κ2) is 25.0. The fraction of sp³-hybridized carbons (Fsp3) is 0.500. The molecule has 0 bridgehead atoms. The van der Waals surface area contributed by atoms with Gasteiger partial charge in [0.2, 0.25) is 0 Å². The van der Waals surface area contributed by atoms with Gasteiger partial charge in [-0.15, -0.1) is 25.7 Å². The smallest absolute Gasteiger partial charge is 0 e. The number of rotatable bonds is 4. The average Bonchev–Trinajstić information content (AvgIpc) is 3.56. The van der Waals surface area contributed by atoms with Crippen molar-refractivity contribution in [2.75, 3.05) is 0 Å². The molecule has 0 heterocycles. The van der Waals surface area contributed by atoms with Gasteiger partial charge in [0, 0.05) is 37.1 Å². The molecule has 0 amide bonds. The molecule has 4 aliphatic carbocycles. The van der Waals surface area contributed by atoms with Gasteiger partial charge in [-0.25, -0.2) is 46.6 Å². The number of hydrogen-bond acceptors (Lipinski definition) is 0. The van der Waals surface area contributed by atoms with Crippen LogP contribution in [0.15, 0.2) is 70.9 Å². The summed E-state index contributed by atoms with van der Waals surface area (Å²) in [4.78, 5) is 0. The van der Waals surface area contributed by atoms with E-state index in [1.54, 1.807) is 0 Å². The Morgan fingerprint density at radius 1 is 0.417 bits per heavy atom. The monoisotopic (exact) mass is 600 g/mol. The summed E-state index contributed by atoms with van der Waals surface area (Å²) < 4.78 is 0. The molecule has 202 valence electrons. The maximum atomic E-state index is 3.26. The van der Waals surface area contributed by atoms with E-state index >= 15 is 0 Å². The summed E-state index contributed by atoms with van der Waals surface area (Å²) in [6, 6.07) is 0. The molecule has 4 rings (SSSR count). The zero-order valence-electron chi connectivity index (χ0n) is 23.4. The molecule has 2 radical (unpaired) electrons. The minimum atomic E-state index is 0. The third-order valence-corrected chi connectivity index (χ3v) is 5.37. The fourth-order valence-corrected chi connectivity index (χ4v) is 3.27. The van der Waals surface area contributed by atoms with E-state index in [4.69, 9.17) is 0 Å². The summed E-state index contributed by atoms with van der Waals surface area (Å²) >= 11 is 0. The van der Waals surface area contributed by atoms with Gasteiger partial charge in [-0.05, 0) is 0 Å². The minimum Gasteiger partial charge on any atom is -1.00 e. The van der Waals surface area contributed by atoms with Gasteiger partial charge in [0.1, 0.15) is 0 Å². The molecule has 0 saturated carbocycles. The average molecular weight is 601 g/mol. The number of halogens is 2. The molecule has 0 spiro atoms. The zero-order valence-corrected chi connectivity index (χ0v) is 27.7. The van der Waals surface area contributed by atoms with E-state index in [1.165, 1.54) is 22.3 Å². The minimum absolute atomic E-state index is 0. The van der Waals surface area contributed by atoms with Crippen LogP contribution in [0.3, 0.4) is 0 Å². The van der Waals surface area contributed by atoms with Gasteiger partial charge >= 0.3 is 0 Å². The molecule has 0 saturated heterocycles. The standard InChI is InChI=1S/4C8H11.2ClH.2V/c4*1-7(2)8-5-3-4-6-8;;;;/h4*3,5,7H,4H2,1-2H3;2*1H;;/q4*-1;;;;/p-2. The van der Waals surface area contributed by atoms with Crippen LogP contribution in [0.5, 0.6) is 0 Å². The van der Waals surface area contributed by atoms with Crippen LogP contribution in [0.25, 0.3) is 0 Å². The van der Waals surface area contributed by atoms with Gasteiger partial charge in [0.25, 0.3) is 0 Å². The SMILES string of the molecule is CC(C)C1=[C-]CC=C1.CC(C)C1=[C-]CC=C1.CC(C)C1=[C-]CC=C1.CC(C)C1=[C-]CC=C1.[Cl-].[Cl-].[V].[V]. The van der Waals surface area contributed by atoms with Gasteiger partial charge in [-0.1, -0.05) is 79.1 Å². The van der Waals surface area contributed by atoms with E-state index < -0.39 is 0 Å². The molecule has 0 N–H and O–H groups in total. The molecular weight excluding hydrogens is 557 g/mol. The third-order valence-electron chi connectivity index (χ3n) is 5.37. The molecule has 4 heteroatoms. The molecule has 0 unspecified atom stereocenters. The summed E-state index contributed by atoms with van der Waals surface area (Å²) in [7, 11) is 0. The van der Waals surface area contributed by atoms with Crippen LogP contribution in [0.2, 0.25) is 0 Å². The third kappa shape index (κ3) is 18.8. The first-order chi connectivity index (χ1) is 15.2. The maximum absolute atomic E-state index is 3.26. The van der Waals surface area contributed by atoms with Gasteiger partial charge in [0.15, 0.2) is 0 Å². The Hall–Kier alpha value is -0.331. The van der Waals surface area contributed by atoms with E-state index in [2.05, 4.69) is 128 Å². The van der Waals surface area contributed by atoms with Crippen LogP contribution in [-0.4, -0.2) is 0 Å². The van der Waals surface area contributed by atoms with Crippen LogP contribution < -0.4 is 24.8 Å². The first-order valence-corrected chi connectivity index (χ1v) is 12.3. The van der Waals surface area contributed by atoms with Crippen LogP contribution >= 0.6 is 0 Å². The number of hydrogen-bond donors (Lipinski definition) is 0. The van der Waals surface area contributed by atoms with Crippen molar-refractivity contribution in [1.29, 1.82) is 0 Å². The van der Waals surface area contributed by atoms with Crippen molar-refractivity contribution in [3.8, 4) is 0 Å². The van der Waals surface area contributed by atoms with Crippen LogP contribution in [0.1, 0.15) is 81.1 Å². The molecule has 0 atom stereocenters. The zero-order chi connectivity index (χ0) is 23.9. The van der Waals surface area contributed by atoms with E-state index in [0.717, 1.165) is 25.7 Å². The van der Waals surface area contributed by atoms with E-state index in [1.807, 2.05) is 0 Å². The van der Waals surface area contributed by atoms with Gasteiger partial charge < -0.3 is 24.8 Å². The Bertz CT molecular complexity index is 666. The van der Waals surface area contributed by atoms with Crippen molar-refractivity contribution in [1.82, 2.24) is 0 Å². The van der Waals surface area contributed by atoms with Gasteiger partial charge in [-0.2, -0.15) is 24.3 Å². The van der Waals surface area contributed by atoms with Crippen LogP contribution in [0, 0.1) is 48.0 Å². The molecule has 0 aromatic rings. The quantitative estimate of drug-likeness (QED) is 0.434. The van der Waals surface area contributed by atoms with Crippen molar-refractivity contribution in [2.24, 2.45) is 23.7 Å². The van der Waals surface area contributed by atoms with Crippen molar-refractivity contribution < 1.29 is 61.9 Å². The molecule has 0 fully saturated rings. The van der Waals surface area contributed by atoms with Crippen molar-refractivity contribution in [3.05, 3.63) is 95.2 Å². The van der Waals surface area contributed by atoms with E-state index in [-0.39, 0.29) is 61.9 Å². The van der Waals surface area contributed by atoms with Crippen LogP contribution in [-0.2, 0) is 37.1 Å². The first kappa shape index (κ1) is 42.7. The molecule has 4 aliphatic rings. The number of allylic oxidation sites excluding steroid dienone is 16. The summed E-state index contributed by atoms with van der Waals surface area (Å²) in [5.74, 6) is 2.64. The predicted octanol–water partition coefficient (Wildman–Crippen LogP) is 3.33. The Kier molecular flexibility index (Phi) is 29.7. The molecule has 0 aromatic heterocycles. The normalized spacial score (nSPS) is 15.7. The Morgan fingerprint density at radius 3 is 0.639 bits per heavy atom. The van der Waals surface area contributed by atoms with Crippen molar-refractivity contribution >= 4 is 0 Å². The summed E-state index contributed by atoms with van der Waals surface area (Å²) in [6.45, 7) is 17.5. The Morgan fingerprint density at radius 2 is 0.583 bits per heavy atom.